The maximum absolute atomic E-state index is 14.4. The molecule has 0 bridgehead atoms. The van der Waals surface area contributed by atoms with Crippen molar-refractivity contribution in [3.05, 3.63) is 12.2 Å². The second-order valence-electron chi connectivity index (χ2n) is 17.6. The van der Waals surface area contributed by atoms with E-state index < -0.39 is 72.4 Å². The molecule has 10 heteroatoms. The van der Waals surface area contributed by atoms with Crippen LogP contribution in [-0.2, 0) is 14.3 Å². The zero-order valence-electron chi connectivity index (χ0n) is 28.4. The summed E-state index contributed by atoms with van der Waals surface area (Å²) in [6.07, 6.45) is -4.53. The van der Waals surface area contributed by atoms with Crippen molar-refractivity contribution in [1.82, 2.24) is 0 Å². The van der Waals surface area contributed by atoms with Crippen molar-refractivity contribution in [1.29, 1.82) is 0 Å². The summed E-state index contributed by atoms with van der Waals surface area (Å²) in [5.41, 5.74) is -1.42. The van der Waals surface area contributed by atoms with Crippen molar-refractivity contribution in [2.45, 2.75) is 142 Å². The molecule has 0 aromatic heterocycles. The monoisotopic (exact) mass is 650 g/mol. The molecule has 5 aliphatic carbocycles. The fourth-order valence-electron chi connectivity index (χ4n) is 13.2. The number of fused-ring (bicyclic) bond motifs is 7. The number of allylic oxidation sites excluding steroid dienone is 1. The Balaban J connectivity index is 1.35. The van der Waals surface area contributed by atoms with Crippen LogP contribution in [-0.4, -0.2) is 97.3 Å². The first kappa shape index (κ1) is 34.7. The van der Waals surface area contributed by atoms with Crippen molar-refractivity contribution >= 4 is 5.97 Å². The Morgan fingerprint density at radius 1 is 0.848 bits per heavy atom. The lowest BCUT2D eigenvalue weighted by molar-refractivity contribution is -0.302. The van der Waals surface area contributed by atoms with Gasteiger partial charge in [-0.15, -0.1) is 0 Å². The molecular formula is C36H58O10. The van der Waals surface area contributed by atoms with Crippen LogP contribution < -0.4 is 0 Å². The van der Waals surface area contributed by atoms with E-state index in [-0.39, 0.29) is 45.8 Å². The van der Waals surface area contributed by atoms with Gasteiger partial charge in [-0.05, 0) is 110 Å². The lowest BCUT2D eigenvalue weighted by Crippen LogP contribution is -2.71. The number of ether oxygens (including phenoxy) is 2. The van der Waals surface area contributed by atoms with Crippen LogP contribution in [0.25, 0.3) is 0 Å². The molecule has 6 aliphatic rings. The highest BCUT2D eigenvalue weighted by molar-refractivity contribution is 5.78. The molecule has 1 saturated heterocycles. The fraction of sp³-hybridized carbons (Fsp3) is 0.917. The van der Waals surface area contributed by atoms with Crippen LogP contribution in [0, 0.1) is 56.7 Å². The van der Waals surface area contributed by atoms with Gasteiger partial charge in [-0.1, -0.05) is 46.8 Å². The van der Waals surface area contributed by atoms with Crippen LogP contribution in [0.4, 0.5) is 0 Å². The van der Waals surface area contributed by atoms with Gasteiger partial charge in [0.25, 0.3) is 0 Å². The van der Waals surface area contributed by atoms with Gasteiger partial charge in [0.05, 0.1) is 30.3 Å². The molecule has 0 amide bonds. The summed E-state index contributed by atoms with van der Waals surface area (Å²) in [6.45, 7) is 16.6. The van der Waals surface area contributed by atoms with Gasteiger partial charge in [-0.3, -0.25) is 4.79 Å². The summed E-state index contributed by atoms with van der Waals surface area (Å²) < 4.78 is 11.5. The van der Waals surface area contributed by atoms with Gasteiger partial charge in [0.2, 0.25) is 6.29 Å². The zero-order chi connectivity index (χ0) is 33.9. The molecule has 7 N–H and O–H groups in total. The van der Waals surface area contributed by atoms with E-state index in [4.69, 9.17) is 9.47 Å². The smallest absolute Gasteiger partial charge is 0.314 e. The van der Waals surface area contributed by atoms with Gasteiger partial charge in [-0.2, -0.15) is 0 Å². The third-order valence-electron chi connectivity index (χ3n) is 15.4. The molecule has 262 valence electrons. The topological polar surface area (TPSA) is 177 Å². The van der Waals surface area contributed by atoms with E-state index in [9.17, 15) is 40.5 Å². The summed E-state index contributed by atoms with van der Waals surface area (Å²) in [7, 11) is 0. The molecule has 6 fully saturated rings. The van der Waals surface area contributed by atoms with Gasteiger partial charge in [0.1, 0.15) is 24.4 Å². The van der Waals surface area contributed by atoms with E-state index in [1.165, 1.54) is 0 Å². The second-order valence-corrected chi connectivity index (χ2v) is 17.6. The number of hydrogen-bond donors (Lipinski definition) is 7. The summed E-state index contributed by atoms with van der Waals surface area (Å²) in [6, 6.07) is 0. The SMILES string of the molecule is C=C(C)[C@@H]1CC[C@]2(C(=O)O[C@@H]3O[C@H](CO)[C@@H](O)[C@H](O)[C@H]3O)CC[C@]3(C)[C@H](CC[C@@H]4[C@@]5(C)C[C@@H](O)[C@H](O)C(C)(C)[C@@H]5[C@H](O)C[C@]43C)[C@H]12. The molecule has 1 aliphatic heterocycles. The largest absolute Gasteiger partial charge is 0.432 e. The van der Waals surface area contributed by atoms with E-state index in [1.54, 1.807) is 0 Å². The predicted molar refractivity (Wildman–Crippen MR) is 168 cm³/mol. The van der Waals surface area contributed by atoms with Crippen LogP contribution in [0.1, 0.15) is 92.9 Å². The standard InChI is InChI=1S/C36H58O10/c1-17(2)18-10-11-36(31(44)46-30-27(42)26(41)25(40)22(16-37)45-30)13-12-34(6)19(24(18)36)8-9-23-33(5)14-21(39)29(43)32(3,4)28(33)20(38)15-35(23,34)7/h18-30,37-43H,1,8-16H2,2-7H3/t18-,19+,20+,21+,22+,23+,24-,25+,26-,27+,28-,29-,30-,33+,34+,35+,36-/m0/s1. The fourth-order valence-corrected chi connectivity index (χ4v) is 13.2. The Morgan fingerprint density at radius 3 is 2.15 bits per heavy atom. The maximum Gasteiger partial charge on any atom is 0.314 e. The summed E-state index contributed by atoms with van der Waals surface area (Å²) in [5, 5.41) is 75.2. The number of esters is 1. The Hall–Kier alpha value is -1.11. The Labute approximate surface area is 273 Å². The highest BCUT2D eigenvalue weighted by Gasteiger charge is 2.74. The molecule has 46 heavy (non-hydrogen) atoms. The lowest BCUT2D eigenvalue weighted by atomic mass is 9.31. The van der Waals surface area contributed by atoms with Gasteiger partial charge >= 0.3 is 5.97 Å². The number of aliphatic hydroxyl groups is 7. The van der Waals surface area contributed by atoms with Gasteiger partial charge in [0, 0.05) is 0 Å². The molecule has 17 atom stereocenters. The van der Waals surface area contributed by atoms with Crippen molar-refractivity contribution in [2.24, 2.45) is 56.7 Å². The first-order valence-electron chi connectivity index (χ1n) is 17.5. The second kappa shape index (κ2) is 11.2. The maximum atomic E-state index is 14.4. The molecule has 1 heterocycles. The van der Waals surface area contributed by atoms with Gasteiger partial charge in [-0.25, -0.2) is 0 Å². The van der Waals surface area contributed by atoms with Crippen LogP contribution in [0.3, 0.4) is 0 Å². The van der Waals surface area contributed by atoms with Crippen LogP contribution in [0.2, 0.25) is 0 Å². The Kier molecular flexibility index (Phi) is 8.46. The van der Waals surface area contributed by atoms with E-state index in [0.717, 1.165) is 31.3 Å². The number of hydrogen-bond acceptors (Lipinski definition) is 10. The van der Waals surface area contributed by atoms with Crippen molar-refractivity contribution < 1.29 is 50.0 Å². The zero-order valence-corrected chi connectivity index (χ0v) is 28.4. The number of aliphatic hydroxyl groups excluding tert-OH is 7. The van der Waals surface area contributed by atoms with Gasteiger partial charge < -0.3 is 45.2 Å². The average molecular weight is 651 g/mol. The summed E-state index contributed by atoms with van der Waals surface area (Å²) in [4.78, 5) is 14.4. The third kappa shape index (κ3) is 4.46. The first-order valence-corrected chi connectivity index (χ1v) is 17.5. The van der Waals surface area contributed by atoms with E-state index in [0.29, 0.717) is 25.7 Å². The molecule has 0 aromatic carbocycles. The van der Waals surface area contributed by atoms with Crippen LogP contribution in [0.5, 0.6) is 0 Å². The van der Waals surface area contributed by atoms with Crippen LogP contribution in [0.15, 0.2) is 12.2 Å². The minimum absolute atomic E-state index is 0.0783. The Bertz CT molecular complexity index is 1220. The van der Waals surface area contributed by atoms with Crippen LogP contribution >= 0.6 is 0 Å². The summed E-state index contributed by atoms with van der Waals surface area (Å²) in [5.74, 6) is -0.335. The molecule has 0 spiro atoms. The molecular weight excluding hydrogens is 592 g/mol. The van der Waals surface area contributed by atoms with Crippen molar-refractivity contribution in [3.8, 4) is 0 Å². The molecule has 10 nitrogen and oxygen atoms in total. The molecule has 6 rings (SSSR count). The van der Waals surface area contributed by atoms with Crippen molar-refractivity contribution in [2.75, 3.05) is 6.61 Å². The highest BCUT2D eigenvalue weighted by atomic mass is 16.7. The minimum atomic E-state index is -1.66. The number of rotatable bonds is 4. The molecule has 0 radical (unpaired) electrons. The van der Waals surface area contributed by atoms with E-state index in [1.807, 2.05) is 20.8 Å². The lowest BCUT2D eigenvalue weighted by Gasteiger charge is -2.73. The van der Waals surface area contributed by atoms with Gasteiger partial charge in [0.15, 0.2) is 0 Å². The number of carbonyl (C=O) groups is 1. The average Bonchev–Trinajstić information content (AvgIpc) is 3.37. The Morgan fingerprint density at radius 2 is 1.52 bits per heavy atom. The molecule has 5 saturated carbocycles. The molecule has 0 aromatic rings. The van der Waals surface area contributed by atoms with E-state index >= 15 is 0 Å². The highest BCUT2D eigenvalue weighted by Crippen LogP contribution is 2.77. The quantitative estimate of drug-likeness (QED) is 0.177. The predicted octanol–water partition coefficient (Wildman–Crippen LogP) is 2.29. The van der Waals surface area contributed by atoms with Crippen molar-refractivity contribution in [3.63, 3.8) is 0 Å². The normalized spacial score (nSPS) is 56.2. The third-order valence-corrected chi connectivity index (χ3v) is 15.4. The minimum Gasteiger partial charge on any atom is -0.432 e. The van der Waals surface area contributed by atoms with E-state index in [2.05, 4.69) is 27.4 Å². The molecule has 0 unspecified atom stereocenters. The number of carbonyl (C=O) groups excluding carboxylic acids is 1. The summed E-state index contributed by atoms with van der Waals surface area (Å²) >= 11 is 0. The first-order chi connectivity index (χ1) is 21.3.